The quantitative estimate of drug-likeness (QED) is 0.838. The number of ketones is 1. The third-order valence-electron chi connectivity index (χ3n) is 3.94. The number of nitrogens with one attached hydrogen (secondary N) is 1. The Balaban J connectivity index is 1.82. The van der Waals surface area contributed by atoms with E-state index in [1.54, 1.807) is 6.92 Å². The van der Waals surface area contributed by atoms with E-state index in [-0.39, 0.29) is 30.4 Å². The Morgan fingerprint density at radius 1 is 1.35 bits per heavy atom. The number of piperidine rings is 1. The van der Waals surface area contributed by atoms with E-state index in [9.17, 15) is 14.4 Å². The van der Waals surface area contributed by atoms with Crippen molar-refractivity contribution in [2.45, 2.75) is 46.5 Å². The Labute approximate surface area is 140 Å². The summed E-state index contributed by atoms with van der Waals surface area (Å²) < 4.78 is 0. The van der Waals surface area contributed by atoms with Gasteiger partial charge in [0, 0.05) is 32.9 Å². The first-order valence-corrected chi connectivity index (χ1v) is 8.74. The molecule has 1 aromatic rings. The van der Waals surface area contributed by atoms with Gasteiger partial charge < -0.3 is 10.2 Å². The van der Waals surface area contributed by atoms with E-state index < -0.39 is 0 Å². The maximum atomic E-state index is 12.1. The lowest BCUT2D eigenvalue weighted by Crippen LogP contribution is -2.39. The van der Waals surface area contributed by atoms with Crippen LogP contribution in [0.5, 0.6) is 0 Å². The monoisotopic (exact) mass is 337 g/mol. The Bertz CT molecular complexity index is 612. The number of anilines is 1. The molecule has 0 saturated carbocycles. The number of aryl methyl sites for hydroxylation is 1. The molecule has 1 aliphatic heterocycles. The molecule has 1 fully saturated rings. The Kier molecular flexibility index (Phi) is 5.87. The molecule has 1 aromatic heterocycles. The maximum Gasteiger partial charge on any atom is 0.226 e. The highest BCUT2D eigenvalue weighted by Gasteiger charge is 2.21. The molecule has 0 bridgehead atoms. The van der Waals surface area contributed by atoms with E-state index in [4.69, 9.17) is 0 Å². The van der Waals surface area contributed by atoms with Gasteiger partial charge in [-0.2, -0.15) is 0 Å². The van der Waals surface area contributed by atoms with Crippen LogP contribution < -0.4 is 5.32 Å². The first-order chi connectivity index (χ1) is 10.9. The van der Waals surface area contributed by atoms with Gasteiger partial charge in [0.2, 0.25) is 11.8 Å². The highest BCUT2D eigenvalue weighted by molar-refractivity contribution is 7.17. The number of carbonyl (C=O) groups excluding carboxylic acids is 3. The van der Waals surface area contributed by atoms with Crippen LogP contribution in [0.25, 0.3) is 0 Å². The van der Waals surface area contributed by atoms with Gasteiger partial charge in [-0.3, -0.25) is 14.4 Å². The predicted molar refractivity (Wildman–Crippen MR) is 89.7 cm³/mol. The number of aromatic nitrogens is 1. The van der Waals surface area contributed by atoms with E-state index in [0.717, 1.165) is 25.9 Å². The molecule has 1 unspecified atom stereocenters. The average Bonchev–Trinajstić information content (AvgIpc) is 2.85. The van der Waals surface area contributed by atoms with Crippen molar-refractivity contribution in [2.24, 2.45) is 5.92 Å². The smallest absolute Gasteiger partial charge is 0.226 e. The molecule has 1 N–H and O–H groups in total. The van der Waals surface area contributed by atoms with Crippen molar-refractivity contribution in [1.29, 1.82) is 0 Å². The number of hydrogen-bond acceptors (Lipinski definition) is 5. The number of rotatable bonds is 5. The van der Waals surface area contributed by atoms with E-state index in [1.807, 2.05) is 4.90 Å². The van der Waals surface area contributed by atoms with Gasteiger partial charge in [-0.15, -0.1) is 0 Å². The second-order valence-corrected chi connectivity index (χ2v) is 7.12. The molecule has 1 aliphatic rings. The molecule has 1 saturated heterocycles. The molecule has 0 radical (unpaired) electrons. The van der Waals surface area contributed by atoms with Crippen LogP contribution >= 0.6 is 11.3 Å². The van der Waals surface area contributed by atoms with Crippen molar-refractivity contribution >= 4 is 34.1 Å². The summed E-state index contributed by atoms with van der Waals surface area (Å²) in [6, 6.07) is 0. The van der Waals surface area contributed by atoms with Crippen LogP contribution in [0.15, 0.2) is 0 Å². The van der Waals surface area contributed by atoms with Crippen LogP contribution in [-0.4, -0.2) is 40.6 Å². The lowest BCUT2D eigenvalue weighted by atomic mass is 10.00. The lowest BCUT2D eigenvalue weighted by Gasteiger charge is -2.30. The summed E-state index contributed by atoms with van der Waals surface area (Å²) in [4.78, 5) is 42.1. The number of thiazole rings is 1. The Morgan fingerprint density at radius 3 is 2.70 bits per heavy atom. The predicted octanol–water partition coefficient (Wildman–Crippen LogP) is 2.63. The van der Waals surface area contributed by atoms with Gasteiger partial charge in [0.1, 0.15) is 0 Å². The fourth-order valence-electron chi connectivity index (χ4n) is 2.75. The number of carbonyl (C=O) groups is 3. The highest BCUT2D eigenvalue weighted by Crippen LogP contribution is 2.23. The summed E-state index contributed by atoms with van der Waals surface area (Å²) in [5.41, 5.74) is 0.621. The molecule has 0 aromatic carbocycles. The van der Waals surface area contributed by atoms with Crippen LogP contribution in [0.2, 0.25) is 0 Å². The minimum atomic E-state index is -0.243. The number of Topliss-reactive ketones (excluding diaryl/α,β-unsaturated/α-hetero) is 1. The lowest BCUT2D eigenvalue weighted by molar-refractivity contribution is -0.134. The third-order valence-corrected chi connectivity index (χ3v) is 5.11. The Morgan fingerprint density at radius 2 is 2.09 bits per heavy atom. The molecule has 0 spiro atoms. The normalized spacial score (nSPS) is 17.9. The zero-order chi connectivity index (χ0) is 17.0. The second-order valence-electron chi connectivity index (χ2n) is 6.13. The summed E-state index contributed by atoms with van der Waals surface area (Å²) >= 11 is 1.17. The number of nitrogens with zero attached hydrogens (tertiary/aromatic N) is 2. The van der Waals surface area contributed by atoms with Crippen molar-refractivity contribution in [2.75, 3.05) is 18.4 Å². The molecule has 23 heavy (non-hydrogen) atoms. The van der Waals surface area contributed by atoms with Crippen molar-refractivity contribution in [1.82, 2.24) is 9.88 Å². The first kappa shape index (κ1) is 17.6. The summed E-state index contributed by atoms with van der Waals surface area (Å²) in [6.45, 7) is 6.93. The van der Waals surface area contributed by atoms with E-state index >= 15 is 0 Å². The largest absolute Gasteiger partial charge is 0.342 e. The van der Waals surface area contributed by atoms with Gasteiger partial charge in [-0.1, -0.05) is 18.3 Å². The van der Waals surface area contributed by atoms with Gasteiger partial charge in [0.05, 0.1) is 10.6 Å². The summed E-state index contributed by atoms with van der Waals surface area (Å²) in [6.07, 6.45) is 2.54. The van der Waals surface area contributed by atoms with Crippen LogP contribution in [0.3, 0.4) is 0 Å². The molecule has 7 heteroatoms. The standard InChI is InChI=1S/C16H23N3O3S/c1-10-5-4-8-19(9-10)14(22)7-6-13(21)18-16-17-11(2)15(23-16)12(3)20/h10H,4-9H2,1-3H3,(H,17,18,21). The van der Waals surface area contributed by atoms with Gasteiger partial charge in [-0.25, -0.2) is 4.98 Å². The van der Waals surface area contributed by atoms with Crippen molar-refractivity contribution in [3.05, 3.63) is 10.6 Å². The van der Waals surface area contributed by atoms with Crippen LogP contribution in [-0.2, 0) is 9.59 Å². The molecular weight excluding hydrogens is 314 g/mol. The van der Waals surface area contributed by atoms with Crippen LogP contribution in [0.1, 0.15) is 54.9 Å². The van der Waals surface area contributed by atoms with Crippen LogP contribution in [0, 0.1) is 12.8 Å². The van der Waals surface area contributed by atoms with Crippen molar-refractivity contribution in [3.8, 4) is 0 Å². The van der Waals surface area contributed by atoms with Gasteiger partial charge >= 0.3 is 0 Å². The third kappa shape index (κ3) is 4.86. The minimum absolute atomic E-state index is 0.0337. The number of amides is 2. The molecule has 6 nitrogen and oxygen atoms in total. The zero-order valence-electron chi connectivity index (χ0n) is 13.8. The fraction of sp³-hybridized carbons (Fsp3) is 0.625. The van der Waals surface area contributed by atoms with Crippen LogP contribution in [0.4, 0.5) is 5.13 Å². The second kappa shape index (κ2) is 7.68. The zero-order valence-corrected chi connectivity index (χ0v) is 14.7. The van der Waals surface area contributed by atoms with Crippen molar-refractivity contribution in [3.63, 3.8) is 0 Å². The summed E-state index contributed by atoms with van der Waals surface area (Å²) in [7, 11) is 0. The van der Waals surface area contributed by atoms with E-state index in [0.29, 0.717) is 21.6 Å². The SMILES string of the molecule is CC(=O)c1sc(NC(=O)CCC(=O)N2CCCC(C)C2)nc1C. The topological polar surface area (TPSA) is 79.4 Å². The van der Waals surface area contributed by atoms with Crippen molar-refractivity contribution < 1.29 is 14.4 Å². The minimum Gasteiger partial charge on any atom is -0.342 e. The molecule has 2 heterocycles. The summed E-state index contributed by atoms with van der Waals surface area (Å²) in [5.74, 6) is 0.262. The molecule has 2 amide bonds. The first-order valence-electron chi connectivity index (χ1n) is 7.92. The fourth-order valence-corrected chi connectivity index (χ4v) is 3.63. The van der Waals surface area contributed by atoms with E-state index in [2.05, 4.69) is 17.2 Å². The Hall–Kier alpha value is -1.76. The number of hydrogen-bond donors (Lipinski definition) is 1. The number of likely N-dealkylation sites (tertiary alicyclic amines) is 1. The molecule has 126 valence electrons. The van der Waals surface area contributed by atoms with Gasteiger partial charge in [0.15, 0.2) is 10.9 Å². The molecule has 1 atom stereocenters. The maximum absolute atomic E-state index is 12.1. The molecule has 2 rings (SSSR count). The van der Waals surface area contributed by atoms with E-state index in [1.165, 1.54) is 18.3 Å². The average molecular weight is 337 g/mol. The summed E-state index contributed by atoms with van der Waals surface area (Å²) in [5, 5.41) is 3.08. The van der Waals surface area contributed by atoms with Gasteiger partial charge in [0.25, 0.3) is 0 Å². The van der Waals surface area contributed by atoms with Gasteiger partial charge in [-0.05, 0) is 25.7 Å². The molecule has 0 aliphatic carbocycles. The highest BCUT2D eigenvalue weighted by atomic mass is 32.1. The molecular formula is C16H23N3O3S.